The van der Waals surface area contributed by atoms with Crippen LogP contribution in [0.4, 0.5) is 0 Å². The number of hydrogen-bond acceptors (Lipinski definition) is 3. The number of benzene rings is 1. The lowest BCUT2D eigenvalue weighted by Gasteiger charge is -2.30. The van der Waals surface area contributed by atoms with Gasteiger partial charge in [-0.05, 0) is 81.0 Å². The summed E-state index contributed by atoms with van der Waals surface area (Å²) >= 11 is 0. The van der Waals surface area contributed by atoms with Gasteiger partial charge in [-0.25, -0.2) is 0 Å². The molecule has 3 nitrogen and oxygen atoms in total. The number of rotatable bonds is 6. The molecule has 24 heavy (non-hydrogen) atoms. The van der Waals surface area contributed by atoms with Crippen LogP contribution in [-0.4, -0.2) is 42.4 Å². The maximum Gasteiger partial charge on any atom is 0.119 e. The summed E-state index contributed by atoms with van der Waals surface area (Å²) in [6, 6.07) is 8.65. The lowest BCUT2D eigenvalue weighted by molar-refractivity contribution is 0.122. The summed E-state index contributed by atoms with van der Waals surface area (Å²) < 4.78 is 5.92. The molecule has 1 aliphatic carbocycles. The van der Waals surface area contributed by atoms with Crippen LogP contribution in [0.15, 0.2) is 24.3 Å². The van der Waals surface area contributed by atoms with Crippen LogP contribution in [0.25, 0.3) is 0 Å². The lowest BCUT2D eigenvalue weighted by Crippen LogP contribution is -2.35. The number of likely N-dealkylation sites (tertiary alicyclic amines) is 1. The van der Waals surface area contributed by atoms with E-state index in [4.69, 9.17) is 4.74 Å². The lowest BCUT2D eigenvalue weighted by atomic mass is 9.83. The fraction of sp³-hybridized carbons (Fsp3) is 0.714. The fourth-order valence-corrected chi connectivity index (χ4v) is 4.21. The third kappa shape index (κ3) is 5.22. The van der Waals surface area contributed by atoms with E-state index < -0.39 is 0 Å². The van der Waals surface area contributed by atoms with Crippen LogP contribution in [-0.2, 0) is 0 Å². The zero-order chi connectivity index (χ0) is 16.8. The minimum atomic E-state index is -0.0771. The van der Waals surface area contributed by atoms with Gasteiger partial charge in [-0.2, -0.15) is 0 Å². The summed E-state index contributed by atoms with van der Waals surface area (Å²) in [6.07, 6.45) is 7.86. The molecule has 1 atom stereocenters. The second-order valence-electron chi connectivity index (χ2n) is 7.82. The van der Waals surface area contributed by atoms with Gasteiger partial charge in [0.2, 0.25) is 0 Å². The smallest absolute Gasteiger partial charge is 0.119 e. The van der Waals surface area contributed by atoms with Crippen molar-refractivity contribution in [2.75, 3.05) is 26.2 Å². The summed E-state index contributed by atoms with van der Waals surface area (Å²) in [4.78, 5) is 2.58. The average molecular weight is 332 g/mol. The van der Waals surface area contributed by atoms with E-state index in [9.17, 15) is 5.11 Å². The Morgan fingerprint density at radius 2 is 1.83 bits per heavy atom. The van der Waals surface area contributed by atoms with E-state index in [-0.39, 0.29) is 6.10 Å². The van der Waals surface area contributed by atoms with Crippen molar-refractivity contribution in [2.24, 2.45) is 5.92 Å². The van der Waals surface area contributed by atoms with Crippen LogP contribution in [0.1, 0.15) is 63.4 Å². The molecule has 1 aromatic carbocycles. The molecule has 1 aliphatic heterocycles. The molecule has 1 N–H and O–H groups in total. The summed E-state index contributed by atoms with van der Waals surface area (Å²) in [5.41, 5.74) is 1.40. The van der Waals surface area contributed by atoms with Crippen molar-refractivity contribution in [3.63, 3.8) is 0 Å². The van der Waals surface area contributed by atoms with Crippen molar-refractivity contribution in [1.29, 1.82) is 0 Å². The highest BCUT2D eigenvalue weighted by Crippen LogP contribution is 2.33. The molecule has 2 aliphatic rings. The predicted octanol–water partition coefficient (Wildman–Crippen LogP) is 4.21. The van der Waals surface area contributed by atoms with E-state index >= 15 is 0 Å². The Morgan fingerprint density at radius 3 is 2.54 bits per heavy atom. The summed E-state index contributed by atoms with van der Waals surface area (Å²) in [7, 11) is 0. The monoisotopic (exact) mass is 331 g/mol. The van der Waals surface area contributed by atoms with Gasteiger partial charge in [0, 0.05) is 13.1 Å². The van der Waals surface area contributed by atoms with Gasteiger partial charge in [-0.1, -0.05) is 19.1 Å². The molecule has 1 aromatic rings. The first kappa shape index (κ1) is 17.8. The topological polar surface area (TPSA) is 32.7 Å². The molecular formula is C21H33NO2. The fourth-order valence-electron chi connectivity index (χ4n) is 4.21. The SMILES string of the molecule is C[C@H]1CCCN(CCCOc2ccc([C@H]3CC[C@H](O)CC3)cc2)C1. The Morgan fingerprint density at radius 1 is 1.08 bits per heavy atom. The molecule has 2 fully saturated rings. The van der Waals surface area contributed by atoms with Gasteiger partial charge in [0.25, 0.3) is 0 Å². The molecule has 0 unspecified atom stereocenters. The van der Waals surface area contributed by atoms with Crippen LogP contribution in [0.3, 0.4) is 0 Å². The molecule has 0 bridgehead atoms. The van der Waals surface area contributed by atoms with Crippen LogP contribution in [0, 0.1) is 5.92 Å². The third-order valence-electron chi connectivity index (χ3n) is 5.68. The number of aliphatic hydroxyl groups is 1. The second kappa shape index (κ2) is 8.87. The Kier molecular flexibility index (Phi) is 6.56. The van der Waals surface area contributed by atoms with Gasteiger partial charge in [-0.15, -0.1) is 0 Å². The zero-order valence-corrected chi connectivity index (χ0v) is 15.1. The first-order valence-corrected chi connectivity index (χ1v) is 9.84. The number of nitrogens with zero attached hydrogens (tertiary/aromatic N) is 1. The summed E-state index contributed by atoms with van der Waals surface area (Å²) in [5, 5.41) is 9.62. The van der Waals surface area contributed by atoms with Gasteiger partial charge in [0.15, 0.2) is 0 Å². The highest BCUT2D eigenvalue weighted by atomic mass is 16.5. The van der Waals surface area contributed by atoms with Crippen LogP contribution < -0.4 is 4.74 Å². The van der Waals surface area contributed by atoms with Crippen molar-refractivity contribution in [3.05, 3.63) is 29.8 Å². The first-order valence-electron chi connectivity index (χ1n) is 9.84. The highest BCUT2D eigenvalue weighted by Gasteiger charge is 2.20. The molecule has 134 valence electrons. The Bertz CT molecular complexity index is 479. The van der Waals surface area contributed by atoms with Crippen LogP contribution in [0.2, 0.25) is 0 Å². The number of ether oxygens (including phenoxy) is 1. The molecule has 3 rings (SSSR count). The standard InChI is InChI=1S/C21H33NO2/c1-17-4-2-13-22(16-17)14-3-15-24-21-11-7-19(8-12-21)18-5-9-20(23)10-6-18/h7-8,11-12,17-18,20,23H,2-6,9-10,13-16H2,1H3/t17-,18-,20-/m0/s1. The van der Waals surface area contributed by atoms with Crippen molar-refractivity contribution in [1.82, 2.24) is 4.90 Å². The number of hydrogen-bond donors (Lipinski definition) is 1. The van der Waals surface area contributed by atoms with Gasteiger partial charge in [0.1, 0.15) is 5.75 Å². The van der Waals surface area contributed by atoms with Crippen LogP contribution in [0.5, 0.6) is 5.75 Å². The van der Waals surface area contributed by atoms with Gasteiger partial charge < -0.3 is 14.7 Å². The minimum absolute atomic E-state index is 0.0771. The van der Waals surface area contributed by atoms with Crippen LogP contribution >= 0.6 is 0 Å². The average Bonchev–Trinajstić information content (AvgIpc) is 2.60. The molecule has 0 amide bonds. The van der Waals surface area contributed by atoms with E-state index in [1.165, 1.54) is 31.5 Å². The van der Waals surface area contributed by atoms with Crippen molar-refractivity contribution in [3.8, 4) is 5.75 Å². The van der Waals surface area contributed by atoms with Crippen molar-refractivity contribution in [2.45, 2.75) is 63.9 Å². The number of piperidine rings is 1. The maximum absolute atomic E-state index is 9.62. The second-order valence-corrected chi connectivity index (χ2v) is 7.82. The molecular weight excluding hydrogens is 298 g/mol. The summed E-state index contributed by atoms with van der Waals surface area (Å²) in [5.74, 6) is 2.46. The summed E-state index contributed by atoms with van der Waals surface area (Å²) in [6.45, 7) is 6.84. The maximum atomic E-state index is 9.62. The minimum Gasteiger partial charge on any atom is -0.494 e. The molecule has 1 heterocycles. The van der Waals surface area contributed by atoms with Gasteiger partial charge in [0.05, 0.1) is 12.7 Å². The molecule has 1 saturated carbocycles. The Labute approximate surface area is 147 Å². The van der Waals surface area contributed by atoms with E-state index in [2.05, 4.69) is 36.1 Å². The van der Waals surface area contributed by atoms with Gasteiger partial charge in [-0.3, -0.25) is 0 Å². The molecule has 0 aromatic heterocycles. The zero-order valence-electron chi connectivity index (χ0n) is 15.1. The van der Waals surface area contributed by atoms with E-state index in [0.29, 0.717) is 5.92 Å². The third-order valence-corrected chi connectivity index (χ3v) is 5.68. The quantitative estimate of drug-likeness (QED) is 0.793. The molecule has 0 radical (unpaired) electrons. The Balaban J connectivity index is 1.37. The number of aliphatic hydroxyl groups excluding tert-OH is 1. The largest absolute Gasteiger partial charge is 0.494 e. The van der Waals surface area contributed by atoms with Gasteiger partial charge >= 0.3 is 0 Å². The van der Waals surface area contributed by atoms with Crippen molar-refractivity contribution >= 4 is 0 Å². The predicted molar refractivity (Wildman–Crippen MR) is 98.6 cm³/mol. The first-order chi connectivity index (χ1) is 11.7. The molecule has 3 heteroatoms. The highest BCUT2D eigenvalue weighted by molar-refractivity contribution is 5.29. The molecule has 0 spiro atoms. The van der Waals surface area contributed by atoms with E-state index in [1.807, 2.05) is 0 Å². The molecule has 1 saturated heterocycles. The van der Waals surface area contributed by atoms with Crippen molar-refractivity contribution < 1.29 is 9.84 Å². The van der Waals surface area contributed by atoms with E-state index in [0.717, 1.165) is 56.9 Å². The normalized spacial score (nSPS) is 28.7. The Hall–Kier alpha value is -1.06. The van der Waals surface area contributed by atoms with E-state index in [1.54, 1.807) is 0 Å².